The first-order valence-corrected chi connectivity index (χ1v) is 9.82. The molecule has 3 aromatic carbocycles. The zero-order chi connectivity index (χ0) is 22.7. The number of rotatable bonds is 5. The Labute approximate surface area is 182 Å². The van der Waals surface area contributed by atoms with E-state index in [0.29, 0.717) is 22.6 Å². The van der Waals surface area contributed by atoms with E-state index >= 15 is 0 Å². The minimum Gasteiger partial charge on any atom is -0.508 e. The van der Waals surface area contributed by atoms with E-state index in [9.17, 15) is 19.5 Å². The van der Waals surface area contributed by atoms with E-state index in [-0.39, 0.29) is 27.7 Å². The second kappa shape index (κ2) is 8.77. The summed E-state index contributed by atoms with van der Waals surface area (Å²) in [5.41, 5.74) is 1.50. The molecule has 4 aromatic rings. The van der Waals surface area contributed by atoms with Gasteiger partial charge in [-0.3, -0.25) is 9.59 Å². The van der Waals surface area contributed by atoms with Crippen LogP contribution >= 0.6 is 0 Å². The normalized spacial score (nSPS) is 10.7. The van der Waals surface area contributed by atoms with Crippen LogP contribution in [0, 0.1) is 6.92 Å². The topological polar surface area (TPSA) is 106 Å². The summed E-state index contributed by atoms with van der Waals surface area (Å²) >= 11 is 0. The summed E-state index contributed by atoms with van der Waals surface area (Å²) in [7, 11) is 0. The lowest BCUT2D eigenvalue weighted by molar-refractivity contribution is -0.119. The van der Waals surface area contributed by atoms with Gasteiger partial charge < -0.3 is 19.6 Å². The minimum absolute atomic E-state index is 0.0502. The number of phenols is 1. The molecule has 0 aliphatic heterocycles. The van der Waals surface area contributed by atoms with E-state index in [1.807, 2.05) is 30.3 Å². The molecule has 4 rings (SSSR count). The van der Waals surface area contributed by atoms with E-state index in [1.54, 1.807) is 19.1 Å². The van der Waals surface area contributed by atoms with Gasteiger partial charge >= 0.3 is 5.97 Å². The molecule has 0 radical (unpaired) electrons. The Morgan fingerprint density at radius 1 is 0.969 bits per heavy atom. The van der Waals surface area contributed by atoms with E-state index in [0.717, 1.165) is 0 Å². The SMILES string of the molecule is Cc1c(-c2ccccc2)oc2c(C(=O)OCC(=O)Nc3ccc(O)cc3)cccc2c1=O. The van der Waals surface area contributed by atoms with Crippen LogP contribution < -0.4 is 10.7 Å². The second-order valence-electron chi connectivity index (χ2n) is 7.10. The Morgan fingerprint density at radius 3 is 2.41 bits per heavy atom. The van der Waals surface area contributed by atoms with E-state index in [1.165, 1.54) is 30.3 Å². The van der Waals surface area contributed by atoms with E-state index in [2.05, 4.69) is 5.32 Å². The van der Waals surface area contributed by atoms with Gasteiger partial charge in [0, 0.05) is 16.8 Å². The molecular weight excluding hydrogens is 410 g/mol. The molecule has 1 heterocycles. The molecule has 0 bridgehead atoms. The van der Waals surface area contributed by atoms with Crippen LogP contribution in [0.2, 0.25) is 0 Å². The summed E-state index contributed by atoms with van der Waals surface area (Å²) in [6, 6.07) is 19.6. The third-order valence-corrected chi connectivity index (χ3v) is 4.89. The van der Waals surface area contributed by atoms with Crippen molar-refractivity contribution in [2.75, 3.05) is 11.9 Å². The van der Waals surface area contributed by atoms with Gasteiger partial charge in [0.1, 0.15) is 17.1 Å². The van der Waals surface area contributed by atoms with Gasteiger partial charge in [0.2, 0.25) is 0 Å². The van der Waals surface area contributed by atoms with Gasteiger partial charge in [0.05, 0.1) is 5.39 Å². The molecule has 0 spiro atoms. The maximum absolute atomic E-state index is 12.9. The summed E-state index contributed by atoms with van der Waals surface area (Å²) in [4.78, 5) is 37.7. The van der Waals surface area contributed by atoms with E-state index in [4.69, 9.17) is 9.15 Å². The quantitative estimate of drug-likeness (QED) is 0.363. The van der Waals surface area contributed by atoms with Crippen molar-refractivity contribution in [1.82, 2.24) is 0 Å². The van der Waals surface area contributed by atoms with Crippen LogP contribution in [0.3, 0.4) is 0 Å². The minimum atomic E-state index is -0.789. The number of nitrogens with one attached hydrogen (secondary N) is 1. The zero-order valence-corrected chi connectivity index (χ0v) is 17.1. The summed E-state index contributed by atoms with van der Waals surface area (Å²) in [5, 5.41) is 12.1. The Kier molecular flexibility index (Phi) is 5.72. The van der Waals surface area contributed by atoms with Crippen LogP contribution in [0.4, 0.5) is 5.69 Å². The number of amides is 1. The highest BCUT2D eigenvalue weighted by Gasteiger charge is 2.20. The lowest BCUT2D eigenvalue weighted by Gasteiger charge is -2.10. The van der Waals surface area contributed by atoms with Crippen molar-refractivity contribution in [2.24, 2.45) is 0 Å². The summed E-state index contributed by atoms with van der Waals surface area (Å²) in [6.07, 6.45) is 0. The number of benzene rings is 3. The van der Waals surface area contributed by atoms with Crippen molar-refractivity contribution in [2.45, 2.75) is 6.92 Å². The number of esters is 1. The molecule has 32 heavy (non-hydrogen) atoms. The van der Waals surface area contributed by atoms with Crippen LogP contribution in [0.15, 0.2) is 82.0 Å². The third kappa shape index (κ3) is 4.22. The molecule has 1 amide bonds. The molecule has 0 saturated carbocycles. The van der Waals surface area contributed by atoms with Crippen molar-refractivity contribution in [3.8, 4) is 17.1 Å². The average Bonchev–Trinajstić information content (AvgIpc) is 2.81. The molecule has 0 aliphatic carbocycles. The van der Waals surface area contributed by atoms with Crippen molar-refractivity contribution in [1.29, 1.82) is 0 Å². The molecular formula is C25H19NO6. The molecule has 1 aromatic heterocycles. The molecule has 0 saturated heterocycles. The number of aromatic hydroxyl groups is 1. The molecule has 0 fully saturated rings. The lowest BCUT2D eigenvalue weighted by Crippen LogP contribution is -2.21. The van der Waals surface area contributed by atoms with Crippen LogP contribution in [0.5, 0.6) is 5.75 Å². The molecule has 7 nitrogen and oxygen atoms in total. The maximum atomic E-state index is 12.9. The Bertz CT molecular complexity index is 1360. The number of carbonyl (C=O) groups is 2. The predicted molar refractivity (Wildman–Crippen MR) is 120 cm³/mol. The number of hydrogen-bond donors (Lipinski definition) is 2. The van der Waals surface area contributed by atoms with Gasteiger partial charge in [-0.15, -0.1) is 0 Å². The molecule has 0 unspecified atom stereocenters. The van der Waals surface area contributed by atoms with Crippen molar-refractivity contribution >= 4 is 28.5 Å². The fourth-order valence-corrected chi connectivity index (χ4v) is 3.29. The van der Waals surface area contributed by atoms with Crippen LogP contribution in [0.1, 0.15) is 15.9 Å². The summed E-state index contributed by atoms with van der Waals surface area (Å²) in [5.74, 6) is -0.903. The molecule has 160 valence electrons. The highest BCUT2D eigenvalue weighted by atomic mass is 16.5. The van der Waals surface area contributed by atoms with Gasteiger partial charge in [-0.25, -0.2) is 4.79 Å². The third-order valence-electron chi connectivity index (χ3n) is 4.89. The Hall–Kier alpha value is -4.39. The maximum Gasteiger partial charge on any atom is 0.342 e. The molecule has 0 aliphatic rings. The number of fused-ring (bicyclic) bond motifs is 1. The van der Waals surface area contributed by atoms with Gasteiger partial charge in [-0.1, -0.05) is 36.4 Å². The lowest BCUT2D eigenvalue weighted by atomic mass is 10.0. The van der Waals surface area contributed by atoms with Gasteiger partial charge in [0.25, 0.3) is 5.91 Å². The Morgan fingerprint density at radius 2 is 1.69 bits per heavy atom. The number of hydrogen-bond acceptors (Lipinski definition) is 6. The fourth-order valence-electron chi connectivity index (χ4n) is 3.29. The van der Waals surface area contributed by atoms with Crippen LogP contribution in [-0.4, -0.2) is 23.6 Å². The van der Waals surface area contributed by atoms with E-state index < -0.39 is 18.5 Å². The number of carbonyl (C=O) groups excluding carboxylic acids is 2. The monoisotopic (exact) mass is 429 g/mol. The number of para-hydroxylation sites is 1. The van der Waals surface area contributed by atoms with Crippen molar-refractivity contribution in [3.63, 3.8) is 0 Å². The summed E-state index contributed by atoms with van der Waals surface area (Å²) < 4.78 is 11.1. The van der Waals surface area contributed by atoms with Crippen molar-refractivity contribution in [3.05, 3.63) is 94.1 Å². The van der Waals surface area contributed by atoms with Gasteiger partial charge in [0.15, 0.2) is 17.6 Å². The molecule has 0 atom stereocenters. The predicted octanol–water partition coefficient (Wildman–Crippen LogP) is 4.27. The number of phenolic OH excluding ortho intramolecular Hbond substituents is 1. The highest BCUT2D eigenvalue weighted by Crippen LogP contribution is 2.27. The standard InChI is InChI=1S/C25H19NO6/c1-15-22(29)19-8-5-9-20(24(19)32-23(15)16-6-3-2-4-7-16)25(30)31-14-21(28)26-17-10-12-18(27)13-11-17/h2-13,27H,14H2,1H3,(H,26,28). The Balaban J connectivity index is 1.60. The second-order valence-corrected chi connectivity index (χ2v) is 7.10. The van der Waals surface area contributed by atoms with Crippen LogP contribution in [0.25, 0.3) is 22.3 Å². The fraction of sp³-hybridized carbons (Fsp3) is 0.0800. The van der Waals surface area contributed by atoms with Crippen molar-refractivity contribution < 1.29 is 23.8 Å². The largest absolute Gasteiger partial charge is 0.508 e. The molecule has 7 heteroatoms. The first kappa shape index (κ1) is 20.9. The highest BCUT2D eigenvalue weighted by molar-refractivity contribution is 6.03. The van der Waals surface area contributed by atoms with Gasteiger partial charge in [-0.05, 0) is 43.3 Å². The first-order valence-electron chi connectivity index (χ1n) is 9.82. The number of ether oxygens (including phenoxy) is 1. The average molecular weight is 429 g/mol. The zero-order valence-electron chi connectivity index (χ0n) is 17.1. The summed E-state index contributed by atoms with van der Waals surface area (Å²) in [6.45, 7) is 1.14. The van der Waals surface area contributed by atoms with Gasteiger partial charge in [-0.2, -0.15) is 0 Å². The van der Waals surface area contributed by atoms with Crippen LogP contribution in [-0.2, 0) is 9.53 Å². The number of anilines is 1. The smallest absolute Gasteiger partial charge is 0.342 e. The first-order chi connectivity index (χ1) is 15.4. The molecule has 2 N–H and O–H groups in total.